The summed E-state index contributed by atoms with van der Waals surface area (Å²) in [5, 5.41) is 0. The van der Waals surface area contributed by atoms with Gasteiger partial charge in [-0.05, 0) is 48.3 Å². The van der Waals surface area contributed by atoms with E-state index in [-0.39, 0.29) is 5.41 Å². The summed E-state index contributed by atoms with van der Waals surface area (Å²) < 4.78 is 5.97. The van der Waals surface area contributed by atoms with Gasteiger partial charge < -0.3 is 4.74 Å². The van der Waals surface area contributed by atoms with Gasteiger partial charge in [-0.15, -0.1) is 11.6 Å². The molecule has 0 heterocycles. The highest BCUT2D eigenvalue weighted by Crippen LogP contribution is 2.31. The van der Waals surface area contributed by atoms with E-state index >= 15 is 0 Å². The van der Waals surface area contributed by atoms with E-state index in [4.69, 9.17) is 16.3 Å². The normalized spacial score (nSPS) is 11.7. The Balaban J connectivity index is 2.92. The zero-order chi connectivity index (χ0) is 14.5. The van der Waals surface area contributed by atoms with Crippen molar-refractivity contribution in [3.8, 4) is 5.75 Å². The average molecular weight is 283 g/mol. The Morgan fingerprint density at radius 1 is 1.16 bits per heavy atom. The lowest BCUT2D eigenvalue weighted by Gasteiger charge is -2.23. The maximum atomic E-state index is 5.97. The first-order valence-corrected chi connectivity index (χ1v) is 7.76. The second-order valence-electron chi connectivity index (χ2n) is 6.13. The smallest absolute Gasteiger partial charge is 0.125 e. The quantitative estimate of drug-likeness (QED) is 0.511. The number of ether oxygens (including phenoxy) is 1. The van der Waals surface area contributed by atoms with Crippen LogP contribution in [0.15, 0.2) is 12.1 Å². The topological polar surface area (TPSA) is 9.23 Å². The summed E-state index contributed by atoms with van der Waals surface area (Å²) in [6, 6.07) is 4.56. The highest BCUT2D eigenvalue weighted by Gasteiger charge is 2.17. The van der Waals surface area contributed by atoms with Crippen LogP contribution in [0, 0.1) is 6.92 Å². The first-order valence-electron chi connectivity index (χ1n) is 7.23. The lowest BCUT2D eigenvalue weighted by atomic mass is 9.84. The summed E-state index contributed by atoms with van der Waals surface area (Å²) in [7, 11) is 0. The molecule has 0 fully saturated rings. The van der Waals surface area contributed by atoms with Crippen LogP contribution in [0.3, 0.4) is 0 Å². The zero-order valence-corrected chi connectivity index (χ0v) is 13.7. The largest absolute Gasteiger partial charge is 0.493 e. The second kappa shape index (κ2) is 7.19. The van der Waals surface area contributed by atoms with E-state index in [1.807, 2.05) is 0 Å². The summed E-state index contributed by atoms with van der Waals surface area (Å²) in [4.78, 5) is 0. The van der Waals surface area contributed by atoms with E-state index in [1.54, 1.807) is 0 Å². The van der Waals surface area contributed by atoms with E-state index < -0.39 is 0 Å². The number of hydrogen-bond acceptors (Lipinski definition) is 1. The molecule has 1 aromatic rings. The van der Waals surface area contributed by atoms with Gasteiger partial charge >= 0.3 is 0 Å². The molecule has 0 aliphatic carbocycles. The minimum absolute atomic E-state index is 0.186. The van der Waals surface area contributed by atoms with Crippen LogP contribution in [0.4, 0.5) is 0 Å². The molecule has 1 rings (SSSR count). The summed E-state index contributed by atoms with van der Waals surface area (Å²) in [6.45, 7) is 11.8. The molecule has 1 aromatic carbocycles. The number of aryl methyl sites for hydroxylation is 2. The van der Waals surface area contributed by atoms with Gasteiger partial charge in [-0.2, -0.15) is 0 Å². The Morgan fingerprint density at radius 3 is 2.37 bits per heavy atom. The Morgan fingerprint density at radius 2 is 1.84 bits per heavy atom. The molecule has 2 heteroatoms. The van der Waals surface area contributed by atoms with Crippen LogP contribution in [0.1, 0.15) is 57.2 Å². The van der Waals surface area contributed by atoms with Gasteiger partial charge in [0.1, 0.15) is 5.75 Å². The highest BCUT2D eigenvalue weighted by atomic mass is 35.5. The van der Waals surface area contributed by atoms with Crippen molar-refractivity contribution in [3.05, 3.63) is 28.8 Å². The van der Waals surface area contributed by atoms with Crippen LogP contribution in [-0.2, 0) is 11.8 Å². The van der Waals surface area contributed by atoms with Gasteiger partial charge in [0.2, 0.25) is 0 Å². The molecule has 1 nitrogen and oxygen atoms in total. The van der Waals surface area contributed by atoms with Crippen molar-refractivity contribution < 1.29 is 4.74 Å². The standard InChI is InChI=1S/C17H27ClO/c1-6-14-12-15(17(3,4)5)11-13(2)16(14)19-10-8-7-9-18/h11-12H,6-10H2,1-5H3. The Hall–Kier alpha value is -0.690. The monoisotopic (exact) mass is 282 g/mol. The third kappa shape index (κ3) is 4.72. The van der Waals surface area contributed by atoms with Gasteiger partial charge in [-0.1, -0.05) is 39.8 Å². The third-order valence-corrected chi connectivity index (χ3v) is 3.64. The lowest BCUT2D eigenvalue weighted by Crippen LogP contribution is -2.13. The fourth-order valence-electron chi connectivity index (χ4n) is 2.12. The first-order chi connectivity index (χ1) is 8.90. The minimum Gasteiger partial charge on any atom is -0.493 e. The van der Waals surface area contributed by atoms with Crippen molar-refractivity contribution in [2.45, 2.75) is 59.3 Å². The summed E-state index contributed by atoms with van der Waals surface area (Å²) >= 11 is 5.69. The molecule has 0 unspecified atom stereocenters. The van der Waals surface area contributed by atoms with Gasteiger partial charge in [-0.25, -0.2) is 0 Å². The lowest BCUT2D eigenvalue weighted by molar-refractivity contribution is 0.304. The molecule has 108 valence electrons. The van der Waals surface area contributed by atoms with Crippen molar-refractivity contribution in [2.24, 2.45) is 0 Å². The Labute approximate surface area is 123 Å². The number of halogens is 1. The maximum Gasteiger partial charge on any atom is 0.125 e. The molecule has 0 radical (unpaired) electrons. The number of rotatable bonds is 6. The average Bonchev–Trinajstić information content (AvgIpc) is 2.34. The van der Waals surface area contributed by atoms with E-state index in [0.29, 0.717) is 5.88 Å². The Bertz CT molecular complexity index is 404. The van der Waals surface area contributed by atoms with E-state index in [0.717, 1.165) is 31.6 Å². The van der Waals surface area contributed by atoms with Crippen molar-refractivity contribution in [1.82, 2.24) is 0 Å². The minimum atomic E-state index is 0.186. The molecule has 0 bridgehead atoms. The van der Waals surface area contributed by atoms with Crippen molar-refractivity contribution in [3.63, 3.8) is 0 Å². The molecule has 0 aliphatic rings. The van der Waals surface area contributed by atoms with Crippen LogP contribution in [0.5, 0.6) is 5.75 Å². The number of hydrogen-bond donors (Lipinski definition) is 0. The second-order valence-corrected chi connectivity index (χ2v) is 6.51. The Kier molecular flexibility index (Phi) is 6.19. The third-order valence-electron chi connectivity index (χ3n) is 3.37. The predicted octanol–water partition coefficient (Wildman–Crippen LogP) is 5.25. The molecule has 0 spiro atoms. The molecule has 0 N–H and O–H groups in total. The van der Waals surface area contributed by atoms with Crippen molar-refractivity contribution >= 4 is 11.6 Å². The summed E-state index contributed by atoms with van der Waals surface area (Å²) in [5.74, 6) is 1.79. The van der Waals surface area contributed by atoms with E-state index in [1.165, 1.54) is 16.7 Å². The van der Waals surface area contributed by atoms with Crippen LogP contribution in [0.2, 0.25) is 0 Å². The SMILES string of the molecule is CCc1cc(C(C)(C)C)cc(C)c1OCCCCCl. The molecule has 0 atom stereocenters. The molecule has 0 aliphatic heterocycles. The van der Waals surface area contributed by atoms with Crippen LogP contribution < -0.4 is 4.74 Å². The van der Waals surface area contributed by atoms with Crippen LogP contribution in [-0.4, -0.2) is 12.5 Å². The van der Waals surface area contributed by atoms with Gasteiger partial charge in [0, 0.05) is 5.88 Å². The summed E-state index contributed by atoms with van der Waals surface area (Å²) in [5.41, 5.74) is 4.13. The molecular formula is C17H27ClO. The van der Waals surface area contributed by atoms with Crippen molar-refractivity contribution in [2.75, 3.05) is 12.5 Å². The van der Waals surface area contributed by atoms with Gasteiger partial charge in [-0.3, -0.25) is 0 Å². The molecular weight excluding hydrogens is 256 g/mol. The molecule has 0 saturated heterocycles. The van der Waals surface area contributed by atoms with E-state index in [9.17, 15) is 0 Å². The van der Waals surface area contributed by atoms with Gasteiger partial charge in [0.15, 0.2) is 0 Å². The molecule has 19 heavy (non-hydrogen) atoms. The van der Waals surface area contributed by atoms with Gasteiger partial charge in [0.05, 0.1) is 6.61 Å². The van der Waals surface area contributed by atoms with Crippen LogP contribution in [0.25, 0.3) is 0 Å². The first kappa shape index (κ1) is 16.4. The maximum absolute atomic E-state index is 5.97. The fraction of sp³-hybridized carbons (Fsp3) is 0.647. The van der Waals surface area contributed by atoms with E-state index in [2.05, 4.69) is 46.8 Å². The highest BCUT2D eigenvalue weighted by molar-refractivity contribution is 6.17. The van der Waals surface area contributed by atoms with Crippen molar-refractivity contribution in [1.29, 1.82) is 0 Å². The number of benzene rings is 1. The molecule has 0 amide bonds. The summed E-state index contributed by atoms with van der Waals surface area (Å²) in [6.07, 6.45) is 3.05. The van der Waals surface area contributed by atoms with Crippen LogP contribution >= 0.6 is 11.6 Å². The molecule has 0 aromatic heterocycles. The number of unbranched alkanes of at least 4 members (excludes halogenated alkanes) is 1. The predicted molar refractivity (Wildman–Crippen MR) is 84.7 cm³/mol. The van der Waals surface area contributed by atoms with Gasteiger partial charge in [0.25, 0.3) is 0 Å². The number of alkyl halides is 1. The fourth-order valence-corrected chi connectivity index (χ4v) is 2.31. The molecule has 0 saturated carbocycles. The zero-order valence-electron chi connectivity index (χ0n) is 13.0.